The third-order valence-electron chi connectivity index (χ3n) is 16.5. The molecule has 15 atom stereocenters. The van der Waals surface area contributed by atoms with E-state index >= 15 is 0 Å². The van der Waals surface area contributed by atoms with Crippen LogP contribution in [-0.4, -0.2) is 104 Å². The lowest BCUT2D eigenvalue weighted by atomic mass is 9.67. The Morgan fingerprint density at radius 2 is 1.53 bits per heavy atom. The zero-order valence-electron chi connectivity index (χ0n) is 43.3. The highest BCUT2D eigenvalue weighted by molar-refractivity contribution is 6.39. The van der Waals surface area contributed by atoms with Gasteiger partial charge in [0.2, 0.25) is 5.79 Å². The van der Waals surface area contributed by atoms with Crippen molar-refractivity contribution >= 4 is 23.4 Å². The zero-order valence-corrected chi connectivity index (χ0v) is 43.3. The number of Topliss-reactive ketones (excluding diaryl/α,β-unsaturated/α-hetero) is 2. The van der Waals surface area contributed by atoms with Crippen LogP contribution in [0.4, 0.5) is 0 Å². The van der Waals surface area contributed by atoms with Gasteiger partial charge in [-0.1, -0.05) is 104 Å². The van der Waals surface area contributed by atoms with Gasteiger partial charge in [0.25, 0.3) is 11.7 Å². The third kappa shape index (κ3) is 14.1. The average Bonchev–Trinajstić information content (AvgIpc) is 3.28. The van der Waals surface area contributed by atoms with E-state index in [1.807, 2.05) is 38.2 Å². The predicted octanol–water partition coefficient (Wildman–Crippen LogP) is 10.2. The van der Waals surface area contributed by atoms with E-state index in [2.05, 4.69) is 67.5 Å². The molecule has 3 aliphatic heterocycles. The molecule has 0 spiro atoms. The molecule has 4 aliphatic rings. The molecule has 11 nitrogen and oxygen atoms in total. The summed E-state index contributed by atoms with van der Waals surface area (Å²) in [6.45, 7) is 23.4. The van der Waals surface area contributed by atoms with Gasteiger partial charge in [-0.05, 0) is 119 Å². The fourth-order valence-electron chi connectivity index (χ4n) is 11.4. The van der Waals surface area contributed by atoms with Crippen molar-refractivity contribution < 1.29 is 48.0 Å². The van der Waals surface area contributed by atoms with Gasteiger partial charge in [-0.25, -0.2) is 4.79 Å². The molecule has 1 aliphatic carbocycles. The van der Waals surface area contributed by atoms with Crippen molar-refractivity contribution in [3.63, 3.8) is 0 Å². The molecule has 0 radical (unpaired) electrons. The van der Waals surface area contributed by atoms with E-state index in [9.17, 15) is 24.3 Å². The fourth-order valence-corrected chi connectivity index (χ4v) is 11.4. The van der Waals surface area contributed by atoms with Gasteiger partial charge in [0, 0.05) is 58.5 Å². The van der Waals surface area contributed by atoms with Crippen LogP contribution in [0.1, 0.15) is 153 Å². The lowest BCUT2D eigenvalue weighted by Crippen LogP contribution is -2.61. The number of carbonyl (C=O) groups is 4. The summed E-state index contributed by atoms with van der Waals surface area (Å²) in [7, 11) is 5.17. The first-order valence-electron chi connectivity index (χ1n) is 25.4. The van der Waals surface area contributed by atoms with Gasteiger partial charge in [-0.3, -0.25) is 14.4 Å². The number of methoxy groups -OCH3 is 3. The number of piperidine rings is 1. The van der Waals surface area contributed by atoms with E-state index in [1.54, 1.807) is 28.3 Å². The molecule has 1 amide bonds. The SMILES string of the molecule is CO[C@H]1C[C@@H]2CC[C@@H](C)[C@@](O)(O2)C(=O)C(=O)N2CCCC[C@H]2C(=O)O[C@H]([C@H](C)C[C@@H]2CC[C@@H](C)[C@H](OC)C2)CC(=O)[C@H](C)/C=C(\C)[C@@H](C)[C@@H](OC)C(C)(C)[C@H](C)C[C@H](C)/C=C/C=CC=C1C. The lowest BCUT2D eigenvalue weighted by molar-refractivity contribution is -0.265. The number of fused-ring (bicyclic) bond motifs is 3. The van der Waals surface area contributed by atoms with Gasteiger partial charge in [0.1, 0.15) is 17.9 Å². The monoisotopic (exact) mass is 924 g/mol. The molecule has 11 heteroatoms. The Labute approximate surface area is 398 Å². The molecule has 0 aromatic heterocycles. The maximum absolute atomic E-state index is 14.5. The summed E-state index contributed by atoms with van der Waals surface area (Å²) in [5, 5.41) is 12.0. The number of esters is 1. The van der Waals surface area contributed by atoms with Crippen LogP contribution >= 0.6 is 0 Å². The number of amides is 1. The molecular weight excluding hydrogens is 835 g/mol. The maximum atomic E-state index is 14.5. The van der Waals surface area contributed by atoms with Gasteiger partial charge >= 0.3 is 5.97 Å². The summed E-state index contributed by atoms with van der Waals surface area (Å²) in [5.74, 6) is -4.91. The van der Waals surface area contributed by atoms with Crippen molar-refractivity contribution in [2.24, 2.45) is 52.8 Å². The number of ether oxygens (including phenoxy) is 5. The highest BCUT2D eigenvalue weighted by Gasteiger charge is 2.53. The minimum atomic E-state index is -2.37. The topological polar surface area (TPSA) is 138 Å². The second kappa shape index (κ2) is 25.1. The van der Waals surface area contributed by atoms with Gasteiger partial charge < -0.3 is 33.7 Å². The number of cyclic esters (lactones) is 1. The van der Waals surface area contributed by atoms with E-state index in [1.165, 1.54) is 4.90 Å². The summed E-state index contributed by atoms with van der Waals surface area (Å²) >= 11 is 0. The Morgan fingerprint density at radius 1 is 0.818 bits per heavy atom. The summed E-state index contributed by atoms with van der Waals surface area (Å²) < 4.78 is 30.7. The van der Waals surface area contributed by atoms with Crippen molar-refractivity contribution in [3.05, 3.63) is 47.6 Å². The second-order valence-corrected chi connectivity index (χ2v) is 21.8. The van der Waals surface area contributed by atoms with E-state index in [4.69, 9.17) is 23.7 Å². The van der Waals surface area contributed by atoms with Crippen LogP contribution in [0.2, 0.25) is 0 Å². The molecule has 1 N–H and O–H groups in total. The van der Waals surface area contributed by atoms with Crippen LogP contribution in [0.15, 0.2) is 47.6 Å². The number of allylic oxidation sites excluding steroid dienone is 6. The second-order valence-electron chi connectivity index (χ2n) is 21.8. The van der Waals surface area contributed by atoms with Crippen molar-refractivity contribution in [1.29, 1.82) is 0 Å². The van der Waals surface area contributed by atoms with Crippen LogP contribution in [0, 0.1) is 52.8 Å². The highest BCUT2D eigenvalue weighted by atomic mass is 16.6. The molecule has 0 aromatic rings. The molecule has 3 fully saturated rings. The first-order chi connectivity index (χ1) is 31.1. The van der Waals surface area contributed by atoms with Crippen LogP contribution in [-0.2, 0) is 42.9 Å². The highest BCUT2D eigenvalue weighted by Crippen LogP contribution is 2.42. The lowest BCUT2D eigenvalue weighted by Gasteiger charge is -2.43. The first kappa shape index (κ1) is 55.6. The van der Waals surface area contributed by atoms with Crippen molar-refractivity contribution in [2.75, 3.05) is 27.9 Å². The normalized spacial score (nSPS) is 39.5. The molecule has 66 heavy (non-hydrogen) atoms. The van der Waals surface area contributed by atoms with Crippen molar-refractivity contribution in [2.45, 2.75) is 196 Å². The van der Waals surface area contributed by atoms with E-state index in [-0.39, 0.29) is 54.3 Å². The minimum absolute atomic E-state index is 0.0170. The molecule has 2 bridgehead atoms. The summed E-state index contributed by atoms with van der Waals surface area (Å²) in [4.78, 5) is 58.7. The van der Waals surface area contributed by atoms with Crippen LogP contribution in [0.25, 0.3) is 0 Å². The number of aliphatic hydroxyl groups is 1. The Balaban J connectivity index is 1.72. The van der Waals surface area contributed by atoms with Crippen LogP contribution in [0.3, 0.4) is 0 Å². The molecule has 374 valence electrons. The summed E-state index contributed by atoms with van der Waals surface area (Å²) in [5.41, 5.74) is 1.84. The number of rotatable bonds is 6. The molecular formula is C55H89NO10. The van der Waals surface area contributed by atoms with Gasteiger partial charge in [-0.15, -0.1) is 0 Å². The van der Waals surface area contributed by atoms with Crippen LogP contribution in [0.5, 0.6) is 0 Å². The standard InChI is InChI=1S/C55H89NO10/c1-34-20-16-15-17-21-35(2)48(63-13)32-44-26-24-40(7)55(61,66-44)50(58)52(59)56-27-19-18-22-45(56)53(60)65-49(39(6)30-43-25-23-36(3)47(31-43)62-12)33-46(57)38(5)29-37(4)42(9)51(64-14)54(10,11)41(8)28-34/h15-17,20-21,29,34,36,38-45,47-49,51,61H,18-19,22-28,30-33H2,1-14H3/b17-15?,20-16+,35-21?,37-29+/t34-,36-,38-,39-,40-,41-,42-,43+,44+,45+,47-,48+,49+,51-,55-/m1/s1. The molecule has 2 saturated heterocycles. The minimum Gasteiger partial charge on any atom is -0.460 e. The Bertz CT molecular complexity index is 1750. The maximum Gasteiger partial charge on any atom is 0.329 e. The largest absolute Gasteiger partial charge is 0.460 e. The zero-order chi connectivity index (χ0) is 49.1. The number of hydrogen-bond donors (Lipinski definition) is 1. The van der Waals surface area contributed by atoms with Gasteiger partial charge in [-0.2, -0.15) is 0 Å². The van der Waals surface area contributed by atoms with Crippen molar-refractivity contribution in [1.82, 2.24) is 4.90 Å². The first-order valence-corrected chi connectivity index (χ1v) is 25.4. The molecule has 4 rings (SSSR count). The number of hydrogen-bond acceptors (Lipinski definition) is 10. The molecule has 3 heterocycles. The van der Waals surface area contributed by atoms with Gasteiger partial charge in [0.05, 0.1) is 24.4 Å². The van der Waals surface area contributed by atoms with E-state index in [0.717, 1.165) is 43.3 Å². The third-order valence-corrected chi connectivity index (χ3v) is 16.5. The van der Waals surface area contributed by atoms with E-state index < -0.39 is 53.5 Å². The number of carbonyl (C=O) groups excluding carboxylic acids is 4. The smallest absolute Gasteiger partial charge is 0.329 e. The Hall–Kier alpha value is -2.96. The molecule has 0 aromatic carbocycles. The van der Waals surface area contributed by atoms with Crippen LogP contribution < -0.4 is 0 Å². The number of nitrogens with zero attached hydrogens (tertiary/aromatic N) is 1. The molecule has 0 unspecified atom stereocenters. The Kier molecular flexibility index (Phi) is 21.1. The van der Waals surface area contributed by atoms with Gasteiger partial charge in [0.15, 0.2) is 0 Å². The van der Waals surface area contributed by atoms with E-state index in [0.29, 0.717) is 62.2 Å². The Morgan fingerprint density at radius 3 is 2.20 bits per heavy atom. The number of ketones is 2. The molecule has 1 saturated carbocycles. The quantitative estimate of drug-likeness (QED) is 0.156. The summed E-state index contributed by atoms with van der Waals surface area (Å²) in [6.07, 6.45) is 18.4. The van der Waals surface area contributed by atoms with Crippen molar-refractivity contribution in [3.8, 4) is 0 Å². The summed E-state index contributed by atoms with van der Waals surface area (Å²) in [6, 6.07) is -1.04. The average molecular weight is 924 g/mol. The fraction of sp³-hybridized carbons (Fsp3) is 0.782. The predicted molar refractivity (Wildman–Crippen MR) is 260 cm³/mol.